The van der Waals surface area contributed by atoms with Crippen molar-refractivity contribution in [2.45, 2.75) is 55.5 Å². The molecule has 43 heavy (non-hydrogen) atoms. The predicted octanol–water partition coefficient (Wildman–Crippen LogP) is 5.05. The van der Waals surface area contributed by atoms with Crippen molar-refractivity contribution in [3.05, 3.63) is 54.6 Å². The summed E-state index contributed by atoms with van der Waals surface area (Å²) in [4.78, 5) is 0. The lowest BCUT2D eigenvalue weighted by molar-refractivity contribution is 0.357. The maximum Gasteiger partial charge on any atom is 0.160 e. The molecule has 0 aromatic heterocycles. The minimum absolute atomic E-state index is 0.554. The third-order valence-electron chi connectivity index (χ3n) is 7.20. The van der Waals surface area contributed by atoms with Crippen LogP contribution in [0.2, 0.25) is 34.8 Å². The van der Waals surface area contributed by atoms with E-state index in [4.69, 9.17) is 28.4 Å². The van der Waals surface area contributed by atoms with Crippen LogP contribution in [0, 0.1) is 0 Å². The molecule has 0 bridgehead atoms. The molecule has 7 radical (unpaired) electrons. The fraction of sp³-hybridized carbons (Fsp3) is 0.455. The number of para-hydroxylation sites is 3. The number of ether oxygens (including phenoxy) is 6. The molecule has 3 aromatic rings. The molecule has 0 aliphatic rings. The van der Waals surface area contributed by atoms with Crippen LogP contribution in [-0.2, 0) is 0 Å². The van der Waals surface area contributed by atoms with Gasteiger partial charge in [-0.05, 0) is 33.8 Å². The second-order valence-electron chi connectivity index (χ2n) is 10.6. The first kappa shape index (κ1) is 34.8. The zero-order valence-electron chi connectivity index (χ0n) is 27.0. The SMILES string of the molecule is COc1cccc([Si]C(C)C[Si](CC(C)[Si]c2cccc(OC)c2OC)CC(C)[Si]c2cccc(OC)c2OC)c1OC. The van der Waals surface area contributed by atoms with E-state index in [1.54, 1.807) is 42.7 Å². The zero-order valence-corrected chi connectivity index (χ0v) is 31.0. The van der Waals surface area contributed by atoms with E-state index in [1.165, 1.54) is 33.7 Å². The first-order valence-corrected chi connectivity index (χ1v) is 19.9. The fourth-order valence-corrected chi connectivity index (χ4v) is 15.7. The molecule has 3 rings (SSSR count). The Morgan fingerprint density at radius 3 is 0.977 bits per heavy atom. The van der Waals surface area contributed by atoms with E-state index in [2.05, 4.69) is 57.2 Å². The molecule has 229 valence electrons. The number of methoxy groups -OCH3 is 6. The molecule has 3 unspecified atom stereocenters. The van der Waals surface area contributed by atoms with Crippen molar-refractivity contribution in [2.24, 2.45) is 0 Å². The Kier molecular flexibility index (Phi) is 14.2. The lowest BCUT2D eigenvalue weighted by atomic mass is 10.3. The van der Waals surface area contributed by atoms with E-state index in [9.17, 15) is 0 Å². The minimum Gasteiger partial charge on any atom is -0.493 e. The molecule has 0 spiro atoms. The van der Waals surface area contributed by atoms with Gasteiger partial charge in [0.2, 0.25) is 0 Å². The third-order valence-corrected chi connectivity index (χ3v) is 16.2. The molecule has 0 saturated heterocycles. The highest BCUT2D eigenvalue weighted by atomic mass is 28.3. The molecular formula is C33H45O6Si4. The fourth-order valence-electron chi connectivity index (χ4n) is 5.50. The van der Waals surface area contributed by atoms with Gasteiger partial charge >= 0.3 is 0 Å². The summed E-state index contributed by atoms with van der Waals surface area (Å²) in [5.74, 6) is 5.00. The van der Waals surface area contributed by atoms with E-state index in [0.29, 0.717) is 45.2 Å². The molecular weight excluding hydrogens is 605 g/mol. The second-order valence-corrected chi connectivity index (χ2v) is 18.8. The Bertz CT molecular complexity index is 1130. The van der Waals surface area contributed by atoms with Gasteiger partial charge in [0.1, 0.15) is 0 Å². The van der Waals surface area contributed by atoms with Gasteiger partial charge in [0, 0.05) is 8.80 Å². The number of benzene rings is 3. The van der Waals surface area contributed by atoms with Gasteiger partial charge in [-0.15, -0.1) is 0 Å². The summed E-state index contributed by atoms with van der Waals surface area (Å²) < 4.78 is 34.0. The van der Waals surface area contributed by atoms with Gasteiger partial charge in [-0.1, -0.05) is 91.9 Å². The highest BCUT2D eigenvalue weighted by Gasteiger charge is 2.25. The van der Waals surface area contributed by atoms with Gasteiger partial charge in [0.25, 0.3) is 0 Å². The van der Waals surface area contributed by atoms with Crippen molar-refractivity contribution in [1.82, 2.24) is 0 Å². The van der Waals surface area contributed by atoms with Gasteiger partial charge in [-0.25, -0.2) is 0 Å². The van der Waals surface area contributed by atoms with Crippen LogP contribution in [0.4, 0.5) is 0 Å². The largest absolute Gasteiger partial charge is 0.493 e. The average molecular weight is 650 g/mol. The number of rotatable bonds is 18. The van der Waals surface area contributed by atoms with Crippen molar-refractivity contribution in [2.75, 3.05) is 42.7 Å². The molecule has 3 atom stereocenters. The summed E-state index contributed by atoms with van der Waals surface area (Å²) in [6, 6.07) is 22.4. The zero-order chi connectivity index (χ0) is 31.4. The molecule has 0 aliphatic carbocycles. The quantitative estimate of drug-likeness (QED) is 0.180. The molecule has 0 amide bonds. The van der Waals surface area contributed by atoms with Crippen LogP contribution >= 0.6 is 0 Å². The van der Waals surface area contributed by atoms with E-state index in [1.807, 2.05) is 18.2 Å². The van der Waals surface area contributed by atoms with Crippen molar-refractivity contribution < 1.29 is 28.4 Å². The summed E-state index contributed by atoms with van der Waals surface area (Å²) >= 11 is 0. The lowest BCUT2D eigenvalue weighted by Gasteiger charge is -2.26. The minimum atomic E-state index is -0.699. The topological polar surface area (TPSA) is 55.4 Å². The van der Waals surface area contributed by atoms with Crippen LogP contribution in [0.25, 0.3) is 0 Å². The Labute approximate surface area is 267 Å². The van der Waals surface area contributed by atoms with E-state index in [-0.39, 0.29) is 0 Å². The Hall–Kier alpha value is -2.67. The monoisotopic (exact) mass is 649 g/mol. The van der Waals surface area contributed by atoms with Crippen LogP contribution in [0.3, 0.4) is 0 Å². The van der Waals surface area contributed by atoms with Crippen LogP contribution in [0.15, 0.2) is 54.6 Å². The first-order chi connectivity index (χ1) is 20.8. The van der Waals surface area contributed by atoms with E-state index < -0.39 is 8.80 Å². The average Bonchev–Trinajstić information content (AvgIpc) is 3.00. The molecule has 10 heteroatoms. The Morgan fingerprint density at radius 1 is 0.465 bits per heavy atom. The van der Waals surface area contributed by atoms with Crippen LogP contribution in [-0.4, -0.2) is 80.0 Å². The summed E-state index contributed by atoms with van der Waals surface area (Å²) in [6.07, 6.45) is 0. The molecule has 6 nitrogen and oxygen atoms in total. The van der Waals surface area contributed by atoms with Crippen LogP contribution < -0.4 is 44.0 Å². The molecule has 3 aromatic carbocycles. The molecule has 0 heterocycles. The second kappa shape index (κ2) is 17.6. The normalized spacial score (nSPS) is 13.3. The third kappa shape index (κ3) is 9.66. The van der Waals surface area contributed by atoms with Gasteiger partial charge < -0.3 is 28.4 Å². The first-order valence-electron chi connectivity index (χ1n) is 14.5. The molecule has 0 saturated carbocycles. The highest BCUT2D eigenvalue weighted by Crippen LogP contribution is 2.32. The highest BCUT2D eigenvalue weighted by molar-refractivity contribution is 6.68. The van der Waals surface area contributed by atoms with Gasteiger partial charge in [0.05, 0.1) is 71.2 Å². The Morgan fingerprint density at radius 2 is 0.744 bits per heavy atom. The molecule has 0 N–H and O–H groups in total. The van der Waals surface area contributed by atoms with Crippen LogP contribution in [0.5, 0.6) is 34.5 Å². The predicted molar refractivity (Wildman–Crippen MR) is 183 cm³/mol. The van der Waals surface area contributed by atoms with Gasteiger partial charge in [0.15, 0.2) is 34.5 Å². The van der Waals surface area contributed by atoms with Crippen molar-refractivity contribution in [3.63, 3.8) is 0 Å². The van der Waals surface area contributed by atoms with E-state index >= 15 is 0 Å². The van der Waals surface area contributed by atoms with Crippen LogP contribution in [0.1, 0.15) is 20.8 Å². The molecule has 0 aliphatic heterocycles. The summed E-state index contributed by atoms with van der Waals surface area (Å²) in [5.41, 5.74) is 1.66. The number of hydrogen-bond donors (Lipinski definition) is 0. The van der Waals surface area contributed by atoms with Gasteiger partial charge in [-0.2, -0.15) is 0 Å². The number of hydrogen-bond acceptors (Lipinski definition) is 6. The van der Waals surface area contributed by atoms with Gasteiger partial charge in [-0.3, -0.25) is 0 Å². The summed E-state index contributed by atoms with van der Waals surface area (Å²) in [5, 5.41) is 3.72. The van der Waals surface area contributed by atoms with E-state index in [0.717, 1.165) is 34.5 Å². The summed E-state index contributed by atoms with van der Waals surface area (Å²) in [6.45, 7) is 7.20. The lowest BCUT2D eigenvalue weighted by Crippen LogP contribution is -2.29. The maximum absolute atomic E-state index is 5.76. The standard InChI is InChI=1S/C33H45O6Si4/c1-22(40-28-16-10-13-25(34-4)31(28)37-7)19-43(20-23(2)41-29-17-11-14-26(35-5)32(29)38-8)21-24(3)42-30-18-12-15-27(36-6)33(30)39-9/h10-18,22-24H,19-21H2,1-9H3. The maximum atomic E-state index is 5.76. The van der Waals surface area contributed by atoms with Crippen molar-refractivity contribution >= 4 is 52.9 Å². The smallest absolute Gasteiger partial charge is 0.160 e. The Balaban J connectivity index is 1.80. The molecule has 0 fully saturated rings. The van der Waals surface area contributed by atoms with Crippen molar-refractivity contribution in [1.29, 1.82) is 0 Å². The summed E-state index contributed by atoms with van der Waals surface area (Å²) in [7, 11) is 11.6. The van der Waals surface area contributed by atoms with Crippen molar-refractivity contribution in [3.8, 4) is 34.5 Å².